The first kappa shape index (κ1) is 24.0. The van der Waals surface area contributed by atoms with Crippen molar-refractivity contribution in [3.05, 3.63) is 51.5 Å². The van der Waals surface area contributed by atoms with Crippen LogP contribution in [0, 0.1) is 0 Å². The van der Waals surface area contributed by atoms with Gasteiger partial charge in [-0.3, -0.25) is 9.89 Å². The van der Waals surface area contributed by atoms with Crippen LogP contribution in [0.4, 0.5) is 0 Å². The van der Waals surface area contributed by atoms with E-state index in [9.17, 15) is 0 Å². The number of guanidine groups is 1. The number of hydrogen-bond donors (Lipinski definition) is 2. The Morgan fingerprint density at radius 1 is 1.14 bits per heavy atom. The van der Waals surface area contributed by atoms with Crippen LogP contribution in [0.25, 0.3) is 0 Å². The Morgan fingerprint density at radius 3 is 2.41 bits per heavy atom. The summed E-state index contributed by atoms with van der Waals surface area (Å²) in [6.45, 7) is 10.5. The van der Waals surface area contributed by atoms with E-state index in [1.807, 2.05) is 0 Å². The van der Waals surface area contributed by atoms with Gasteiger partial charge in [0.25, 0.3) is 0 Å². The Morgan fingerprint density at radius 2 is 1.79 bits per heavy atom. The van der Waals surface area contributed by atoms with Gasteiger partial charge in [0.05, 0.1) is 25.5 Å². The first-order valence-electron chi connectivity index (χ1n) is 9.91. The predicted molar refractivity (Wildman–Crippen MR) is 131 cm³/mol. The number of thiazole rings is 1. The molecule has 0 amide bonds. The molecule has 0 atom stereocenters. The van der Waals surface area contributed by atoms with Crippen LogP contribution in [-0.4, -0.2) is 49.2 Å². The van der Waals surface area contributed by atoms with Crippen molar-refractivity contribution in [2.24, 2.45) is 4.99 Å². The first-order chi connectivity index (χ1) is 13.6. The molecule has 6 nitrogen and oxygen atoms in total. The van der Waals surface area contributed by atoms with Crippen LogP contribution >= 0.6 is 35.3 Å². The molecule has 0 radical (unpaired) electrons. The molecule has 160 valence electrons. The zero-order valence-corrected chi connectivity index (χ0v) is 20.6. The molecule has 1 saturated heterocycles. The van der Waals surface area contributed by atoms with Crippen molar-refractivity contribution in [2.45, 2.75) is 39.4 Å². The molecule has 2 N–H and O–H groups in total. The lowest BCUT2D eigenvalue weighted by Gasteiger charge is -2.26. The molecule has 1 fully saturated rings. The second-order valence-corrected chi connectivity index (χ2v) is 8.25. The largest absolute Gasteiger partial charge is 0.379 e. The van der Waals surface area contributed by atoms with E-state index < -0.39 is 0 Å². The first-order valence-corrected chi connectivity index (χ1v) is 10.8. The van der Waals surface area contributed by atoms with Gasteiger partial charge >= 0.3 is 0 Å². The lowest BCUT2D eigenvalue weighted by Crippen LogP contribution is -2.36. The van der Waals surface area contributed by atoms with Gasteiger partial charge in [-0.25, -0.2) is 4.98 Å². The fourth-order valence-electron chi connectivity index (χ4n) is 3.02. The summed E-state index contributed by atoms with van der Waals surface area (Å²) in [5.74, 6) is 1.26. The standard InChI is InChI=1S/C21H31N5OS.HI/c1-16(2)19-15-28-20(25-19)13-24-21(22-3)23-12-17-4-6-18(7-5-17)14-26-8-10-27-11-9-26;/h4-7,15-16H,8-14H2,1-3H3,(H2,22,23,24);1H. The second kappa shape index (κ2) is 12.5. The summed E-state index contributed by atoms with van der Waals surface area (Å²) in [5, 5.41) is 9.94. The molecule has 3 rings (SSSR count). The normalized spacial score (nSPS) is 15.2. The second-order valence-electron chi connectivity index (χ2n) is 7.31. The maximum absolute atomic E-state index is 5.41. The number of aliphatic imine (C=N–C) groups is 1. The van der Waals surface area contributed by atoms with Gasteiger partial charge in [0.2, 0.25) is 0 Å². The summed E-state index contributed by atoms with van der Waals surface area (Å²) in [4.78, 5) is 11.4. The van der Waals surface area contributed by atoms with Crippen LogP contribution in [0.1, 0.15) is 41.6 Å². The third kappa shape index (κ3) is 7.84. The number of ether oxygens (including phenoxy) is 1. The minimum absolute atomic E-state index is 0. The summed E-state index contributed by atoms with van der Waals surface area (Å²) < 4.78 is 5.41. The van der Waals surface area contributed by atoms with E-state index in [0.717, 1.165) is 56.1 Å². The van der Waals surface area contributed by atoms with Crippen molar-refractivity contribution in [1.82, 2.24) is 20.5 Å². The van der Waals surface area contributed by atoms with E-state index in [2.05, 4.69) is 69.0 Å². The van der Waals surface area contributed by atoms with Crippen LogP contribution in [0.5, 0.6) is 0 Å². The van der Waals surface area contributed by atoms with Gasteiger partial charge in [-0.2, -0.15) is 0 Å². The molecular formula is C21H32IN5OS. The Labute approximate surface area is 195 Å². The molecule has 1 aliphatic rings. The molecule has 2 aromatic rings. The van der Waals surface area contributed by atoms with E-state index in [1.165, 1.54) is 11.1 Å². The minimum atomic E-state index is 0. The summed E-state index contributed by atoms with van der Waals surface area (Å²) in [7, 11) is 1.79. The van der Waals surface area contributed by atoms with Crippen molar-refractivity contribution >= 4 is 41.3 Å². The van der Waals surface area contributed by atoms with Crippen LogP contribution < -0.4 is 10.6 Å². The minimum Gasteiger partial charge on any atom is -0.379 e. The molecule has 0 bridgehead atoms. The average Bonchev–Trinajstić information content (AvgIpc) is 3.19. The van der Waals surface area contributed by atoms with Gasteiger partial charge in [-0.1, -0.05) is 38.1 Å². The van der Waals surface area contributed by atoms with Crippen LogP contribution in [-0.2, 0) is 24.4 Å². The van der Waals surface area contributed by atoms with Crippen LogP contribution in [0.2, 0.25) is 0 Å². The van der Waals surface area contributed by atoms with Gasteiger partial charge < -0.3 is 15.4 Å². The smallest absolute Gasteiger partial charge is 0.191 e. The van der Waals surface area contributed by atoms with E-state index in [0.29, 0.717) is 12.5 Å². The number of nitrogens with zero attached hydrogens (tertiary/aromatic N) is 3. The Kier molecular flexibility index (Phi) is 10.3. The average molecular weight is 529 g/mol. The van der Waals surface area contributed by atoms with E-state index in [4.69, 9.17) is 4.74 Å². The lowest BCUT2D eigenvalue weighted by molar-refractivity contribution is 0.0342. The maximum Gasteiger partial charge on any atom is 0.191 e. The molecule has 1 aromatic heterocycles. The zero-order chi connectivity index (χ0) is 19.8. The van der Waals surface area contributed by atoms with Crippen molar-refractivity contribution in [2.75, 3.05) is 33.4 Å². The van der Waals surface area contributed by atoms with Gasteiger partial charge in [-0.15, -0.1) is 35.3 Å². The highest BCUT2D eigenvalue weighted by Crippen LogP contribution is 2.17. The summed E-state index contributed by atoms with van der Waals surface area (Å²) in [6.07, 6.45) is 0. The SMILES string of the molecule is CN=C(NCc1ccc(CN2CCOCC2)cc1)NCc1nc(C(C)C)cs1.I. The van der Waals surface area contributed by atoms with E-state index >= 15 is 0 Å². The van der Waals surface area contributed by atoms with Gasteiger partial charge in [-0.05, 0) is 17.0 Å². The predicted octanol–water partition coefficient (Wildman–Crippen LogP) is 3.58. The fraction of sp³-hybridized carbons (Fsp3) is 0.524. The molecule has 0 spiro atoms. The molecule has 29 heavy (non-hydrogen) atoms. The summed E-state index contributed by atoms with van der Waals surface area (Å²) in [6, 6.07) is 8.80. The molecule has 0 unspecified atom stereocenters. The molecule has 0 aliphatic carbocycles. The quantitative estimate of drug-likeness (QED) is 0.326. The number of morpholine rings is 1. The molecule has 8 heteroatoms. The number of aromatic nitrogens is 1. The van der Waals surface area contributed by atoms with Gasteiger partial charge in [0.1, 0.15) is 5.01 Å². The monoisotopic (exact) mass is 529 g/mol. The number of rotatable bonds is 7. The molecule has 0 saturated carbocycles. The molecule has 2 heterocycles. The fourth-order valence-corrected chi connectivity index (χ4v) is 3.91. The van der Waals surface area contributed by atoms with E-state index in [1.54, 1.807) is 18.4 Å². The number of hydrogen-bond acceptors (Lipinski definition) is 5. The van der Waals surface area contributed by atoms with E-state index in [-0.39, 0.29) is 24.0 Å². The topological polar surface area (TPSA) is 61.8 Å². The highest BCUT2D eigenvalue weighted by atomic mass is 127. The summed E-state index contributed by atoms with van der Waals surface area (Å²) in [5.41, 5.74) is 3.74. The van der Waals surface area contributed by atoms with Crippen molar-refractivity contribution < 1.29 is 4.74 Å². The Hall–Kier alpha value is -1.23. The van der Waals surface area contributed by atoms with Crippen LogP contribution in [0.15, 0.2) is 34.6 Å². The van der Waals surface area contributed by atoms with Crippen molar-refractivity contribution in [1.29, 1.82) is 0 Å². The Bertz CT molecular complexity index is 757. The zero-order valence-electron chi connectivity index (χ0n) is 17.5. The van der Waals surface area contributed by atoms with Crippen molar-refractivity contribution in [3.63, 3.8) is 0 Å². The molecule has 1 aliphatic heterocycles. The van der Waals surface area contributed by atoms with Crippen molar-refractivity contribution in [3.8, 4) is 0 Å². The highest BCUT2D eigenvalue weighted by molar-refractivity contribution is 14.0. The third-order valence-electron chi connectivity index (χ3n) is 4.78. The number of halogens is 1. The number of benzene rings is 1. The highest BCUT2D eigenvalue weighted by Gasteiger charge is 2.10. The number of nitrogens with one attached hydrogen (secondary N) is 2. The third-order valence-corrected chi connectivity index (χ3v) is 5.65. The molecule has 1 aromatic carbocycles. The maximum atomic E-state index is 5.41. The van der Waals surface area contributed by atoms with Gasteiger partial charge in [0.15, 0.2) is 5.96 Å². The Balaban J connectivity index is 0.00000300. The van der Waals surface area contributed by atoms with Crippen LogP contribution in [0.3, 0.4) is 0 Å². The lowest BCUT2D eigenvalue weighted by atomic mass is 10.1. The summed E-state index contributed by atoms with van der Waals surface area (Å²) >= 11 is 1.69. The molecular weight excluding hydrogens is 497 g/mol. The van der Waals surface area contributed by atoms with Gasteiger partial charge in [0, 0.05) is 38.6 Å².